The highest BCUT2D eigenvalue weighted by molar-refractivity contribution is 6.29. The molecule has 0 saturated carbocycles. The summed E-state index contributed by atoms with van der Waals surface area (Å²) in [6, 6.07) is 3.89. The fourth-order valence-corrected chi connectivity index (χ4v) is 1.53. The van der Waals surface area contributed by atoms with Crippen molar-refractivity contribution in [1.82, 2.24) is 15.6 Å². The van der Waals surface area contributed by atoms with Crippen molar-refractivity contribution in [2.45, 2.75) is 19.5 Å². The van der Waals surface area contributed by atoms with Crippen molar-refractivity contribution in [3.63, 3.8) is 0 Å². The van der Waals surface area contributed by atoms with E-state index in [-0.39, 0.29) is 6.04 Å². The van der Waals surface area contributed by atoms with E-state index >= 15 is 0 Å². The van der Waals surface area contributed by atoms with Crippen LogP contribution in [0.1, 0.15) is 12.5 Å². The van der Waals surface area contributed by atoms with Gasteiger partial charge in [-0.25, -0.2) is 4.98 Å². The van der Waals surface area contributed by atoms with Crippen molar-refractivity contribution in [3.8, 4) is 0 Å². The molecule has 0 spiro atoms. The summed E-state index contributed by atoms with van der Waals surface area (Å²) in [4.78, 5) is 8.15. The first-order chi connectivity index (χ1) is 8.65. The van der Waals surface area contributed by atoms with Crippen LogP contribution in [0, 0.1) is 0 Å². The number of nitrogens with one attached hydrogen (secondary N) is 2. The van der Waals surface area contributed by atoms with Crippen LogP contribution in [0.5, 0.6) is 0 Å². The highest BCUT2D eigenvalue weighted by Gasteiger charge is 2.04. The Labute approximate surface area is 113 Å². The van der Waals surface area contributed by atoms with Gasteiger partial charge in [-0.1, -0.05) is 17.7 Å². The van der Waals surface area contributed by atoms with Gasteiger partial charge in [0.05, 0.1) is 6.61 Å². The van der Waals surface area contributed by atoms with E-state index in [0.717, 1.165) is 11.5 Å². The van der Waals surface area contributed by atoms with Gasteiger partial charge in [0.1, 0.15) is 5.15 Å². The van der Waals surface area contributed by atoms with Crippen molar-refractivity contribution >= 4 is 17.6 Å². The van der Waals surface area contributed by atoms with E-state index in [1.54, 1.807) is 26.4 Å². The number of halogens is 1. The van der Waals surface area contributed by atoms with E-state index in [9.17, 15) is 0 Å². The van der Waals surface area contributed by atoms with Crippen LogP contribution in [-0.2, 0) is 11.3 Å². The molecule has 0 radical (unpaired) electrons. The zero-order chi connectivity index (χ0) is 13.4. The summed E-state index contributed by atoms with van der Waals surface area (Å²) in [5.74, 6) is 0.731. The van der Waals surface area contributed by atoms with E-state index in [1.807, 2.05) is 13.0 Å². The largest absolute Gasteiger partial charge is 0.383 e. The minimum atomic E-state index is 0.199. The van der Waals surface area contributed by atoms with Crippen LogP contribution in [0.3, 0.4) is 0 Å². The summed E-state index contributed by atoms with van der Waals surface area (Å²) >= 11 is 5.72. The quantitative estimate of drug-likeness (QED) is 0.483. The Balaban J connectivity index is 2.42. The third kappa shape index (κ3) is 5.33. The fourth-order valence-electron chi connectivity index (χ4n) is 1.42. The molecule has 1 rings (SSSR count). The molecule has 0 fully saturated rings. The van der Waals surface area contributed by atoms with Crippen LogP contribution in [0.4, 0.5) is 0 Å². The Morgan fingerprint density at radius 2 is 2.33 bits per heavy atom. The molecule has 1 heterocycles. The monoisotopic (exact) mass is 270 g/mol. The Hall–Kier alpha value is -1.33. The van der Waals surface area contributed by atoms with Gasteiger partial charge in [-0.15, -0.1) is 0 Å². The molecule has 6 heteroatoms. The average molecular weight is 271 g/mol. The maximum absolute atomic E-state index is 5.72. The van der Waals surface area contributed by atoms with Gasteiger partial charge < -0.3 is 15.4 Å². The predicted octanol–water partition coefficient (Wildman–Crippen LogP) is 1.43. The SMILES string of the molecule is CN=C(NCc1ccc(Cl)nc1)NC(C)COC. The molecule has 1 atom stereocenters. The van der Waals surface area contributed by atoms with Crippen molar-refractivity contribution in [2.75, 3.05) is 20.8 Å². The van der Waals surface area contributed by atoms with Crippen LogP contribution < -0.4 is 10.6 Å². The van der Waals surface area contributed by atoms with Crippen LogP contribution >= 0.6 is 11.6 Å². The molecule has 18 heavy (non-hydrogen) atoms. The van der Waals surface area contributed by atoms with Crippen molar-refractivity contribution < 1.29 is 4.74 Å². The molecule has 1 unspecified atom stereocenters. The third-order valence-electron chi connectivity index (χ3n) is 2.27. The maximum Gasteiger partial charge on any atom is 0.191 e. The molecule has 0 amide bonds. The Kier molecular flexibility index (Phi) is 6.46. The van der Waals surface area contributed by atoms with E-state index < -0.39 is 0 Å². The number of aromatic nitrogens is 1. The van der Waals surface area contributed by atoms with Gasteiger partial charge in [-0.05, 0) is 18.6 Å². The van der Waals surface area contributed by atoms with Gasteiger partial charge >= 0.3 is 0 Å². The normalized spacial score (nSPS) is 13.2. The average Bonchev–Trinajstić information content (AvgIpc) is 2.36. The third-order valence-corrected chi connectivity index (χ3v) is 2.50. The smallest absolute Gasteiger partial charge is 0.191 e. The Morgan fingerprint density at radius 3 is 2.89 bits per heavy atom. The van der Waals surface area contributed by atoms with Crippen molar-refractivity contribution in [1.29, 1.82) is 0 Å². The molecular weight excluding hydrogens is 252 g/mol. The molecule has 0 saturated heterocycles. The summed E-state index contributed by atoms with van der Waals surface area (Å²) in [6.45, 7) is 3.30. The molecular formula is C12H19ClN4O. The molecule has 1 aromatic heterocycles. The lowest BCUT2D eigenvalue weighted by Gasteiger charge is -2.17. The second kappa shape index (κ2) is 7.89. The number of hydrogen-bond donors (Lipinski definition) is 2. The summed E-state index contributed by atoms with van der Waals surface area (Å²) in [5, 5.41) is 6.91. The predicted molar refractivity (Wildman–Crippen MR) is 73.9 cm³/mol. The number of nitrogens with zero attached hydrogens (tertiary/aromatic N) is 2. The minimum absolute atomic E-state index is 0.199. The zero-order valence-electron chi connectivity index (χ0n) is 10.9. The van der Waals surface area contributed by atoms with Gasteiger partial charge in [0, 0.05) is 32.9 Å². The first-order valence-electron chi connectivity index (χ1n) is 5.72. The number of guanidine groups is 1. The number of rotatable bonds is 5. The van der Waals surface area contributed by atoms with Gasteiger partial charge in [0.25, 0.3) is 0 Å². The first kappa shape index (κ1) is 14.7. The van der Waals surface area contributed by atoms with Crippen LogP contribution in [-0.4, -0.2) is 37.7 Å². The standard InChI is InChI=1S/C12H19ClN4O/c1-9(8-18-3)17-12(14-2)16-7-10-4-5-11(13)15-6-10/h4-6,9H,7-8H2,1-3H3,(H2,14,16,17). The number of methoxy groups -OCH3 is 1. The van der Waals surface area contributed by atoms with Gasteiger partial charge in [-0.3, -0.25) is 4.99 Å². The summed E-state index contributed by atoms with van der Waals surface area (Å²) in [7, 11) is 3.41. The van der Waals surface area contributed by atoms with E-state index in [0.29, 0.717) is 18.3 Å². The Morgan fingerprint density at radius 1 is 1.56 bits per heavy atom. The second-order valence-corrected chi connectivity index (χ2v) is 4.30. The molecule has 0 aliphatic carbocycles. The van der Waals surface area contributed by atoms with Crippen molar-refractivity contribution in [2.24, 2.45) is 4.99 Å². The lowest BCUT2D eigenvalue weighted by molar-refractivity contribution is 0.179. The molecule has 0 bridgehead atoms. The Bertz CT molecular complexity index is 380. The topological polar surface area (TPSA) is 58.5 Å². The van der Waals surface area contributed by atoms with Crippen molar-refractivity contribution in [3.05, 3.63) is 29.0 Å². The molecule has 2 N–H and O–H groups in total. The molecule has 1 aromatic rings. The second-order valence-electron chi connectivity index (χ2n) is 3.92. The molecule has 0 aliphatic heterocycles. The minimum Gasteiger partial charge on any atom is -0.383 e. The first-order valence-corrected chi connectivity index (χ1v) is 6.10. The maximum atomic E-state index is 5.72. The highest BCUT2D eigenvalue weighted by Crippen LogP contribution is 2.04. The lowest BCUT2D eigenvalue weighted by Crippen LogP contribution is -2.43. The van der Waals surface area contributed by atoms with Gasteiger partial charge in [0.15, 0.2) is 5.96 Å². The molecule has 0 aromatic carbocycles. The number of ether oxygens (including phenoxy) is 1. The number of aliphatic imine (C=N–C) groups is 1. The van der Waals surface area contributed by atoms with Gasteiger partial charge in [0.2, 0.25) is 0 Å². The van der Waals surface area contributed by atoms with E-state index in [2.05, 4.69) is 20.6 Å². The van der Waals surface area contributed by atoms with E-state index in [1.165, 1.54) is 0 Å². The van der Waals surface area contributed by atoms with Crippen LogP contribution in [0.2, 0.25) is 5.15 Å². The summed E-state index contributed by atoms with van der Waals surface area (Å²) in [5.41, 5.74) is 1.04. The zero-order valence-corrected chi connectivity index (χ0v) is 11.7. The number of pyridine rings is 1. The fraction of sp³-hybridized carbons (Fsp3) is 0.500. The van der Waals surface area contributed by atoms with Crippen LogP contribution in [0.15, 0.2) is 23.3 Å². The summed E-state index contributed by atoms with van der Waals surface area (Å²) < 4.78 is 5.06. The van der Waals surface area contributed by atoms with Crippen LogP contribution in [0.25, 0.3) is 0 Å². The lowest BCUT2D eigenvalue weighted by atomic mass is 10.3. The molecule has 5 nitrogen and oxygen atoms in total. The molecule has 100 valence electrons. The number of hydrogen-bond acceptors (Lipinski definition) is 3. The van der Waals surface area contributed by atoms with E-state index in [4.69, 9.17) is 16.3 Å². The summed E-state index contributed by atoms with van der Waals surface area (Å²) in [6.07, 6.45) is 1.74. The van der Waals surface area contributed by atoms with Gasteiger partial charge in [-0.2, -0.15) is 0 Å². The highest BCUT2D eigenvalue weighted by atomic mass is 35.5. The molecule has 0 aliphatic rings.